The summed E-state index contributed by atoms with van der Waals surface area (Å²) in [5, 5.41) is 23.5. The van der Waals surface area contributed by atoms with Crippen molar-refractivity contribution in [2.24, 2.45) is 0 Å². The predicted molar refractivity (Wildman–Crippen MR) is 114 cm³/mol. The second-order valence-electron chi connectivity index (χ2n) is 7.49. The minimum atomic E-state index is -0.630. The van der Waals surface area contributed by atoms with Crippen LogP contribution in [0, 0.1) is 28.5 Å². The number of nitrogens with zero attached hydrogens (tertiary/aromatic N) is 4. The van der Waals surface area contributed by atoms with E-state index in [-0.39, 0.29) is 29.5 Å². The molecule has 0 saturated carbocycles. The van der Waals surface area contributed by atoms with E-state index in [4.69, 9.17) is 10.5 Å². The molecular formula is C24H17FN6O2. The number of carbonyl (C=O) groups excluding carboxylic acids is 2. The molecule has 1 atom stereocenters. The number of nitrogens with one attached hydrogen (secondary N) is 2. The molecule has 4 rings (SSSR count). The number of fused-ring (bicyclic) bond motifs is 1. The quantitative estimate of drug-likeness (QED) is 0.627. The van der Waals surface area contributed by atoms with Gasteiger partial charge in [0.05, 0.1) is 23.2 Å². The average Bonchev–Trinajstić information content (AvgIpc) is 3.25. The summed E-state index contributed by atoms with van der Waals surface area (Å²) in [6.07, 6.45) is 2.60. The van der Waals surface area contributed by atoms with Crippen LogP contribution in [0.1, 0.15) is 61.3 Å². The molecule has 8 nitrogen and oxygen atoms in total. The molecule has 2 amide bonds. The fourth-order valence-electron chi connectivity index (χ4n) is 3.72. The van der Waals surface area contributed by atoms with Crippen LogP contribution in [0.2, 0.25) is 0 Å². The summed E-state index contributed by atoms with van der Waals surface area (Å²) < 4.78 is 13.4. The summed E-state index contributed by atoms with van der Waals surface area (Å²) in [6.45, 7) is 0.0584. The summed E-state index contributed by atoms with van der Waals surface area (Å²) >= 11 is 0. The molecular weight excluding hydrogens is 423 g/mol. The SMILES string of the molecule is N#Cc1ccc2c(c1)CC[C@H]2NC(=O)c1cc(C(=O)NCc2ccc(F)c(C#N)c2)ncn1. The molecule has 2 N–H and O–H groups in total. The van der Waals surface area contributed by atoms with Gasteiger partial charge in [0.2, 0.25) is 0 Å². The van der Waals surface area contributed by atoms with E-state index in [1.54, 1.807) is 12.1 Å². The molecule has 1 heterocycles. The highest BCUT2D eigenvalue weighted by Gasteiger charge is 2.25. The van der Waals surface area contributed by atoms with Gasteiger partial charge in [-0.15, -0.1) is 0 Å². The van der Waals surface area contributed by atoms with E-state index in [1.165, 1.54) is 18.2 Å². The monoisotopic (exact) mass is 440 g/mol. The minimum absolute atomic E-state index is 0.00301. The standard InChI is InChI=1S/C24H17FN6O2/c25-19-5-2-15(8-17(19)11-27)12-28-23(32)21-9-22(30-13-29-21)24(33)31-20-6-3-16-7-14(10-26)1-4-18(16)20/h1-2,4-5,7-9,13,20H,3,6,12H2,(H,28,32)(H,31,33)/t20-/m1/s1. The molecule has 0 bridgehead atoms. The Kier molecular flexibility index (Phi) is 6.05. The van der Waals surface area contributed by atoms with Gasteiger partial charge in [-0.2, -0.15) is 10.5 Å². The molecule has 0 unspecified atom stereocenters. The van der Waals surface area contributed by atoms with Crippen molar-refractivity contribution in [1.82, 2.24) is 20.6 Å². The predicted octanol–water partition coefficient (Wildman–Crippen LogP) is 2.71. The number of aryl methyl sites for hydroxylation is 1. The van der Waals surface area contributed by atoms with Crippen LogP contribution in [-0.4, -0.2) is 21.8 Å². The first kappa shape index (κ1) is 21.6. The third-order valence-electron chi connectivity index (χ3n) is 5.39. The number of hydrogen-bond donors (Lipinski definition) is 2. The second-order valence-corrected chi connectivity index (χ2v) is 7.49. The van der Waals surface area contributed by atoms with Gasteiger partial charge in [-0.3, -0.25) is 9.59 Å². The van der Waals surface area contributed by atoms with Crippen molar-refractivity contribution in [3.05, 3.63) is 93.8 Å². The lowest BCUT2D eigenvalue weighted by atomic mass is 10.1. The number of benzene rings is 2. The lowest BCUT2D eigenvalue weighted by Gasteiger charge is -2.14. The van der Waals surface area contributed by atoms with Gasteiger partial charge in [0.1, 0.15) is 29.6 Å². The zero-order valence-electron chi connectivity index (χ0n) is 17.3. The molecule has 33 heavy (non-hydrogen) atoms. The van der Waals surface area contributed by atoms with E-state index in [0.29, 0.717) is 17.5 Å². The number of nitriles is 2. The van der Waals surface area contributed by atoms with Crippen LogP contribution >= 0.6 is 0 Å². The van der Waals surface area contributed by atoms with E-state index in [0.717, 1.165) is 29.9 Å². The third-order valence-corrected chi connectivity index (χ3v) is 5.39. The van der Waals surface area contributed by atoms with E-state index < -0.39 is 17.6 Å². The number of aromatic nitrogens is 2. The second kappa shape index (κ2) is 9.25. The number of amides is 2. The third kappa shape index (κ3) is 4.68. The Morgan fingerprint density at radius 1 is 1.03 bits per heavy atom. The largest absolute Gasteiger partial charge is 0.347 e. The molecule has 0 saturated heterocycles. The Balaban J connectivity index is 1.42. The molecule has 0 fully saturated rings. The number of halogens is 1. The van der Waals surface area contributed by atoms with Gasteiger partial charge >= 0.3 is 0 Å². The van der Waals surface area contributed by atoms with Crippen molar-refractivity contribution in [2.45, 2.75) is 25.4 Å². The van der Waals surface area contributed by atoms with Gasteiger partial charge in [0, 0.05) is 12.6 Å². The topological polar surface area (TPSA) is 132 Å². The molecule has 162 valence electrons. The summed E-state index contributed by atoms with van der Waals surface area (Å²) in [6, 6.07) is 14.3. The van der Waals surface area contributed by atoms with Gasteiger partial charge in [-0.05, 0) is 53.8 Å². The fourth-order valence-corrected chi connectivity index (χ4v) is 3.72. The van der Waals surface area contributed by atoms with Gasteiger partial charge in [-0.1, -0.05) is 12.1 Å². The molecule has 1 aromatic heterocycles. The maximum Gasteiger partial charge on any atom is 0.270 e. The minimum Gasteiger partial charge on any atom is -0.347 e. The number of carbonyl (C=O) groups is 2. The maximum absolute atomic E-state index is 13.4. The highest BCUT2D eigenvalue weighted by atomic mass is 19.1. The molecule has 3 aromatic rings. The van der Waals surface area contributed by atoms with Crippen molar-refractivity contribution in [1.29, 1.82) is 10.5 Å². The van der Waals surface area contributed by atoms with Crippen LogP contribution in [0.5, 0.6) is 0 Å². The Bertz CT molecular complexity index is 1340. The molecule has 0 aliphatic heterocycles. The Morgan fingerprint density at radius 3 is 2.58 bits per heavy atom. The smallest absolute Gasteiger partial charge is 0.270 e. The normalized spacial score (nSPS) is 14.0. The van der Waals surface area contributed by atoms with E-state index in [9.17, 15) is 14.0 Å². The van der Waals surface area contributed by atoms with Gasteiger partial charge in [0.15, 0.2) is 0 Å². The first-order valence-electron chi connectivity index (χ1n) is 10.1. The molecule has 9 heteroatoms. The first-order chi connectivity index (χ1) is 16.0. The molecule has 1 aliphatic rings. The average molecular weight is 440 g/mol. The van der Waals surface area contributed by atoms with Crippen LogP contribution in [0.4, 0.5) is 4.39 Å². The fraction of sp³-hybridized carbons (Fsp3) is 0.167. The summed E-state index contributed by atoms with van der Waals surface area (Å²) in [4.78, 5) is 33.1. The Morgan fingerprint density at radius 2 is 1.82 bits per heavy atom. The van der Waals surface area contributed by atoms with E-state index in [1.807, 2.05) is 12.1 Å². The molecule has 0 spiro atoms. The Labute approximate surface area is 188 Å². The van der Waals surface area contributed by atoms with Crippen molar-refractivity contribution in [3.63, 3.8) is 0 Å². The van der Waals surface area contributed by atoms with E-state index >= 15 is 0 Å². The highest BCUT2D eigenvalue weighted by Crippen LogP contribution is 2.31. The van der Waals surface area contributed by atoms with Crippen LogP contribution in [0.15, 0.2) is 48.8 Å². The number of hydrogen-bond acceptors (Lipinski definition) is 6. The van der Waals surface area contributed by atoms with Gasteiger partial charge in [0.25, 0.3) is 11.8 Å². The zero-order valence-corrected chi connectivity index (χ0v) is 17.3. The van der Waals surface area contributed by atoms with Crippen LogP contribution in [-0.2, 0) is 13.0 Å². The van der Waals surface area contributed by atoms with Crippen LogP contribution < -0.4 is 10.6 Å². The van der Waals surface area contributed by atoms with Crippen molar-refractivity contribution in [2.75, 3.05) is 0 Å². The summed E-state index contributed by atoms with van der Waals surface area (Å²) in [7, 11) is 0. The van der Waals surface area contributed by atoms with Crippen LogP contribution in [0.25, 0.3) is 0 Å². The summed E-state index contributed by atoms with van der Waals surface area (Å²) in [5.74, 6) is -1.61. The lowest BCUT2D eigenvalue weighted by Crippen LogP contribution is -2.29. The van der Waals surface area contributed by atoms with Crippen molar-refractivity contribution < 1.29 is 14.0 Å². The maximum atomic E-state index is 13.4. The first-order valence-corrected chi connectivity index (χ1v) is 10.1. The molecule has 2 aromatic carbocycles. The lowest BCUT2D eigenvalue weighted by molar-refractivity contribution is 0.0931. The van der Waals surface area contributed by atoms with Gasteiger partial charge in [-0.25, -0.2) is 14.4 Å². The van der Waals surface area contributed by atoms with Crippen LogP contribution in [0.3, 0.4) is 0 Å². The number of rotatable bonds is 5. The highest BCUT2D eigenvalue weighted by molar-refractivity contribution is 5.97. The van der Waals surface area contributed by atoms with Crippen molar-refractivity contribution >= 4 is 11.8 Å². The van der Waals surface area contributed by atoms with Crippen molar-refractivity contribution in [3.8, 4) is 12.1 Å². The summed E-state index contributed by atoms with van der Waals surface area (Å²) in [5.41, 5.74) is 3.06. The molecule has 0 radical (unpaired) electrons. The Hall–Kier alpha value is -4.63. The van der Waals surface area contributed by atoms with Gasteiger partial charge < -0.3 is 10.6 Å². The molecule has 1 aliphatic carbocycles. The van der Waals surface area contributed by atoms with E-state index in [2.05, 4.69) is 26.7 Å². The zero-order chi connectivity index (χ0) is 23.4.